The van der Waals surface area contributed by atoms with Crippen LogP contribution in [0.15, 0.2) is 48.0 Å². The molecule has 8 heteroatoms. The number of nitrogens with zero attached hydrogens (tertiary/aromatic N) is 2. The van der Waals surface area contributed by atoms with E-state index in [9.17, 15) is 9.59 Å². The Hall–Kier alpha value is -2.22. The van der Waals surface area contributed by atoms with E-state index in [0.29, 0.717) is 29.4 Å². The van der Waals surface area contributed by atoms with Crippen LogP contribution in [0.25, 0.3) is 0 Å². The predicted molar refractivity (Wildman–Crippen MR) is 113 cm³/mol. The number of likely N-dealkylation sites (tertiary alicyclic amines) is 1. The maximum absolute atomic E-state index is 12.8. The van der Waals surface area contributed by atoms with Crippen LogP contribution in [-0.2, 0) is 11.2 Å². The van der Waals surface area contributed by atoms with Crippen molar-refractivity contribution in [1.82, 2.24) is 9.88 Å². The van der Waals surface area contributed by atoms with Gasteiger partial charge in [0.15, 0.2) is 5.13 Å². The third-order valence-corrected chi connectivity index (χ3v) is 6.79. The van der Waals surface area contributed by atoms with Gasteiger partial charge in [-0.05, 0) is 35.9 Å². The lowest BCUT2D eigenvalue weighted by atomic mass is 10.1. The molecule has 1 aromatic carbocycles. The van der Waals surface area contributed by atoms with Crippen LogP contribution in [0.3, 0.4) is 0 Å². The Morgan fingerprint density at radius 1 is 1.25 bits per heavy atom. The van der Waals surface area contributed by atoms with Crippen LogP contribution in [0.1, 0.15) is 33.0 Å². The van der Waals surface area contributed by atoms with Crippen LogP contribution in [0.4, 0.5) is 5.13 Å². The Labute approximate surface area is 176 Å². The second kappa shape index (κ2) is 8.43. The summed E-state index contributed by atoms with van der Waals surface area (Å²) in [5.41, 5.74) is 1.02. The molecule has 3 aromatic rings. The average molecular weight is 432 g/mol. The Morgan fingerprint density at radius 3 is 2.89 bits per heavy atom. The summed E-state index contributed by atoms with van der Waals surface area (Å²) in [6, 6.07) is 10.9. The van der Waals surface area contributed by atoms with E-state index in [4.69, 9.17) is 11.6 Å². The third-order valence-electron chi connectivity index (χ3n) is 4.65. The van der Waals surface area contributed by atoms with Gasteiger partial charge < -0.3 is 10.2 Å². The number of anilines is 1. The van der Waals surface area contributed by atoms with Crippen molar-refractivity contribution in [2.45, 2.75) is 25.3 Å². The predicted octanol–water partition coefficient (Wildman–Crippen LogP) is 4.69. The van der Waals surface area contributed by atoms with Crippen molar-refractivity contribution in [3.05, 3.63) is 68.3 Å². The lowest BCUT2D eigenvalue weighted by Gasteiger charge is -2.22. The van der Waals surface area contributed by atoms with Gasteiger partial charge in [-0.2, -0.15) is 0 Å². The quantitative estimate of drug-likeness (QED) is 0.637. The summed E-state index contributed by atoms with van der Waals surface area (Å²) in [6.07, 6.45) is 3.91. The topological polar surface area (TPSA) is 62.3 Å². The van der Waals surface area contributed by atoms with Crippen LogP contribution in [0.5, 0.6) is 0 Å². The number of aromatic nitrogens is 1. The molecule has 3 heterocycles. The molecule has 0 radical (unpaired) electrons. The van der Waals surface area contributed by atoms with E-state index >= 15 is 0 Å². The van der Waals surface area contributed by atoms with Crippen molar-refractivity contribution in [2.75, 3.05) is 11.9 Å². The molecule has 0 spiro atoms. The number of nitrogens with one attached hydrogen (secondary N) is 1. The smallest absolute Gasteiger partial charge is 0.264 e. The van der Waals surface area contributed by atoms with Gasteiger partial charge in [-0.25, -0.2) is 4.98 Å². The number of hydrogen-bond donors (Lipinski definition) is 1. The highest BCUT2D eigenvalue weighted by Crippen LogP contribution is 2.27. The van der Waals surface area contributed by atoms with Gasteiger partial charge in [0.25, 0.3) is 5.91 Å². The molecule has 144 valence electrons. The first-order valence-corrected chi connectivity index (χ1v) is 11.0. The SMILES string of the molecule is O=C(Nc1ncc(Cc2ccccc2Cl)s1)[C@@H]1CCCN1C(=O)c1cccs1. The summed E-state index contributed by atoms with van der Waals surface area (Å²) in [6.45, 7) is 0.602. The molecule has 1 aliphatic heterocycles. The minimum absolute atomic E-state index is 0.0776. The second-order valence-corrected chi connectivity index (χ2v) is 8.99. The van der Waals surface area contributed by atoms with Crippen molar-refractivity contribution in [1.29, 1.82) is 0 Å². The van der Waals surface area contributed by atoms with E-state index in [-0.39, 0.29) is 11.8 Å². The molecule has 2 amide bonds. The largest absolute Gasteiger partial charge is 0.326 e. The highest BCUT2D eigenvalue weighted by atomic mass is 35.5. The Morgan fingerprint density at radius 2 is 2.11 bits per heavy atom. The molecule has 5 nitrogen and oxygen atoms in total. The number of halogens is 1. The molecule has 1 N–H and O–H groups in total. The van der Waals surface area contributed by atoms with Crippen LogP contribution >= 0.6 is 34.3 Å². The molecule has 2 aromatic heterocycles. The first-order valence-electron chi connectivity index (χ1n) is 8.95. The zero-order chi connectivity index (χ0) is 19.5. The van der Waals surface area contributed by atoms with E-state index in [1.807, 2.05) is 35.7 Å². The minimum atomic E-state index is -0.453. The lowest BCUT2D eigenvalue weighted by molar-refractivity contribution is -0.119. The third kappa shape index (κ3) is 4.11. The van der Waals surface area contributed by atoms with Crippen molar-refractivity contribution in [3.63, 3.8) is 0 Å². The Balaban J connectivity index is 1.41. The summed E-state index contributed by atoms with van der Waals surface area (Å²) < 4.78 is 0. The van der Waals surface area contributed by atoms with Gasteiger partial charge in [0.1, 0.15) is 6.04 Å². The Kier molecular flexibility index (Phi) is 5.75. The molecule has 0 saturated carbocycles. The number of thiazole rings is 1. The molecule has 1 saturated heterocycles. The van der Waals surface area contributed by atoms with Gasteiger partial charge >= 0.3 is 0 Å². The Bertz CT molecular complexity index is 987. The summed E-state index contributed by atoms with van der Waals surface area (Å²) in [5.74, 6) is -0.257. The van der Waals surface area contributed by atoms with Gasteiger partial charge in [-0.3, -0.25) is 9.59 Å². The number of rotatable bonds is 5. The molecular weight excluding hydrogens is 414 g/mol. The van der Waals surface area contributed by atoms with E-state index in [1.165, 1.54) is 22.7 Å². The number of benzene rings is 1. The zero-order valence-corrected chi connectivity index (χ0v) is 17.3. The summed E-state index contributed by atoms with van der Waals surface area (Å²) in [4.78, 5) is 33.1. The van der Waals surface area contributed by atoms with E-state index in [0.717, 1.165) is 21.9 Å². The first-order chi connectivity index (χ1) is 13.6. The molecular formula is C20H18ClN3O2S2. The van der Waals surface area contributed by atoms with Gasteiger partial charge in [-0.1, -0.05) is 35.9 Å². The molecule has 1 fully saturated rings. The van der Waals surface area contributed by atoms with E-state index < -0.39 is 6.04 Å². The summed E-state index contributed by atoms with van der Waals surface area (Å²) >= 11 is 9.04. The van der Waals surface area contributed by atoms with E-state index in [2.05, 4.69) is 10.3 Å². The highest BCUT2D eigenvalue weighted by molar-refractivity contribution is 7.15. The fourth-order valence-electron chi connectivity index (χ4n) is 3.29. The van der Waals surface area contributed by atoms with Crippen LogP contribution in [-0.4, -0.2) is 34.3 Å². The standard InChI is InChI=1S/C20H18ClN3O2S2/c21-15-6-2-1-5-13(15)11-14-12-22-20(28-14)23-18(25)16-7-3-9-24(16)19(26)17-8-4-10-27-17/h1-2,4-6,8,10,12,16H,3,7,9,11H2,(H,22,23,25)/t16-/m0/s1. The molecule has 1 aliphatic rings. The van der Waals surface area contributed by atoms with Gasteiger partial charge in [0.05, 0.1) is 4.88 Å². The summed E-state index contributed by atoms with van der Waals surface area (Å²) in [7, 11) is 0. The molecule has 1 atom stereocenters. The van der Waals surface area contributed by atoms with Gasteiger partial charge in [0.2, 0.25) is 5.91 Å². The summed E-state index contributed by atoms with van der Waals surface area (Å²) in [5, 5.41) is 6.01. The number of hydrogen-bond acceptors (Lipinski definition) is 5. The molecule has 0 aliphatic carbocycles. The average Bonchev–Trinajstić information content (AvgIpc) is 3.45. The normalized spacial score (nSPS) is 16.3. The fraction of sp³-hybridized carbons (Fsp3) is 0.250. The minimum Gasteiger partial charge on any atom is -0.326 e. The van der Waals surface area contributed by atoms with Crippen molar-refractivity contribution in [3.8, 4) is 0 Å². The van der Waals surface area contributed by atoms with Crippen LogP contribution in [0, 0.1) is 0 Å². The monoisotopic (exact) mass is 431 g/mol. The van der Waals surface area contributed by atoms with Crippen molar-refractivity contribution < 1.29 is 9.59 Å². The van der Waals surface area contributed by atoms with Crippen LogP contribution < -0.4 is 5.32 Å². The van der Waals surface area contributed by atoms with Crippen molar-refractivity contribution >= 4 is 51.2 Å². The maximum atomic E-state index is 12.8. The highest BCUT2D eigenvalue weighted by Gasteiger charge is 2.35. The van der Waals surface area contributed by atoms with Crippen molar-refractivity contribution in [2.24, 2.45) is 0 Å². The molecule has 0 bridgehead atoms. The first kappa shape index (κ1) is 19.1. The second-order valence-electron chi connectivity index (χ2n) is 6.52. The van der Waals surface area contributed by atoms with Gasteiger partial charge in [0, 0.05) is 29.1 Å². The zero-order valence-electron chi connectivity index (χ0n) is 14.9. The molecule has 28 heavy (non-hydrogen) atoms. The molecule has 0 unspecified atom stereocenters. The maximum Gasteiger partial charge on any atom is 0.264 e. The van der Waals surface area contributed by atoms with Crippen LogP contribution in [0.2, 0.25) is 5.02 Å². The van der Waals surface area contributed by atoms with Gasteiger partial charge in [-0.15, -0.1) is 22.7 Å². The number of carbonyl (C=O) groups is 2. The van der Waals surface area contributed by atoms with E-state index in [1.54, 1.807) is 17.2 Å². The number of thiophene rings is 1. The fourth-order valence-corrected chi connectivity index (χ4v) is 5.01. The number of carbonyl (C=O) groups excluding carboxylic acids is 2. The number of amides is 2. The molecule has 4 rings (SSSR count). The lowest BCUT2D eigenvalue weighted by Crippen LogP contribution is -2.42.